The highest BCUT2D eigenvalue weighted by atomic mass is 35.5. The van der Waals surface area contributed by atoms with Gasteiger partial charge in [-0.15, -0.1) is 12.4 Å². The van der Waals surface area contributed by atoms with E-state index in [0.717, 1.165) is 5.56 Å². The maximum Gasteiger partial charge on any atom is 0.222 e. The second kappa shape index (κ2) is 7.39. The number of nitrogens with one attached hydrogen (secondary N) is 1. The summed E-state index contributed by atoms with van der Waals surface area (Å²) in [5.74, 6) is 0.00530. The Morgan fingerprint density at radius 2 is 1.89 bits per heavy atom. The first-order chi connectivity index (χ1) is 7.90. The first kappa shape index (κ1) is 16.9. The molecule has 0 aromatic heterocycles. The lowest BCUT2D eigenvalue weighted by Crippen LogP contribution is -2.31. The monoisotopic (exact) mass is 270 g/mol. The van der Waals surface area contributed by atoms with Crippen LogP contribution in [0.25, 0.3) is 0 Å². The minimum Gasteiger partial charge on any atom is -0.350 e. The van der Waals surface area contributed by atoms with Crippen molar-refractivity contribution in [2.75, 3.05) is 0 Å². The summed E-state index contributed by atoms with van der Waals surface area (Å²) < 4.78 is 0. The van der Waals surface area contributed by atoms with Gasteiger partial charge in [-0.3, -0.25) is 4.79 Å². The van der Waals surface area contributed by atoms with Crippen molar-refractivity contribution in [3.8, 4) is 0 Å². The Morgan fingerprint density at radius 3 is 2.39 bits per heavy atom. The van der Waals surface area contributed by atoms with Gasteiger partial charge in [0.15, 0.2) is 0 Å². The molecule has 0 spiro atoms. The smallest absolute Gasteiger partial charge is 0.222 e. The van der Waals surface area contributed by atoms with Crippen molar-refractivity contribution in [2.24, 2.45) is 5.73 Å². The number of hydrogen-bond acceptors (Lipinski definition) is 2. The molecule has 1 rings (SSSR count). The van der Waals surface area contributed by atoms with Gasteiger partial charge in [-0.25, -0.2) is 0 Å². The van der Waals surface area contributed by atoms with E-state index >= 15 is 0 Å². The number of amides is 1. The Labute approximate surface area is 116 Å². The Morgan fingerprint density at radius 1 is 1.28 bits per heavy atom. The van der Waals surface area contributed by atoms with Gasteiger partial charge in [0.05, 0.1) is 6.04 Å². The summed E-state index contributed by atoms with van der Waals surface area (Å²) in [6.45, 7) is 7.98. The lowest BCUT2D eigenvalue weighted by Gasteiger charge is -2.16. The fourth-order valence-electron chi connectivity index (χ4n) is 1.71. The van der Waals surface area contributed by atoms with E-state index in [2.05, 4.69) is 37.4 Å². The number of carbonyl (C=O) groups is 1. The zero-order chi connectivity index (χ0) is 13.0. The van der Waals surface area contributed by atoms with Crippen LogP contribution in [0.5, 0.6) is 0 Å². The summed E-state index contributed by atoms with van der Waals surface area (Å²) >= 11 is 0. The molecule has 4 heteroatoms. The number of carbonyl (C=O) groups excluding carboxylic acids is 1. The SMILES string of the molecule is Cc1ccc(C(C)NC(=O)CC(C)N)cc1C.Cl. The maximum absolute atomic E-state index is 11.6. The fraction of sp³-hybridized carbons (Fsp3) is 0.500. The molecule has 0 aliphatic carbocycles. The quantitative estimate of drug-likeness (QED) is 0.884. The molecular formula is C14H23ClN2O. The maximum atomic E-state index is 11.6. The topological polar surface area (TPSA) is 55.1 Å². The van der Waals surface area contributed by atoms with Crippen LogP contribution in [0.2, 0.25) is 0 Å². The van der Waals surface area contributed by atoms with Crippen LogP contribution in [0, 0.1) is 13.8 Å². The molecule has 0 bridgehead atoms. The second-order valence-electron chi connectivity index (χ2n) is 4.81. The Hall–Kier alpha value is -1.06. The number of rotatable bonds is 4. The van der Waals surface area contributed by atoms with Crippen molar-refractivity contribution in [2.45, 2.75) is 46.2 Å². The van der Waals surface area contributed by atoms with Crippen LogP contribution in [0.3, 0.4) is 0 Å². The molecule has 3 nitrogen and oxygen atoms in total. The van der Waals surface area contributed by atoms with Crippen LogP contribution >= 0.6 is 12.4 Å². The summed E-state index contributed by atoms with van der Waals surface area (Å²) in [6, 6.07) is 6.19. The average molecular weight is 271 g/mol. The van der Waals surface area contributed by atoms with Crippen LogP contribution < -0.4 is 11.1 Å². The molecule has 18 heavy (non-hydrogen) atoms. The van der Waals surface area contributed by atoms with Gasteiger partial charge in [-0.2, -0.15) is 0 Å². The Kier molecular flexibility index (Phi) is 6.96. The van der Waals surface area contributed by atoms with Gasteiger partial charge < -0.3 is 11.1 Å². The lowest BCUT2D eigenvalue weighted by atomic mass is 10.0. The van der Waals surface area contributed by atoms with Crippen molar-refractivity contribution in [1.29, 1.82) is 0 Å². The molecule has 0 saturated heterocycles. The third-order valence-corrected chi connectivity index (χ3v) is 2.92. The number of nitrogens with two attached hydrogens (primary N) is 1. The van der Waals surface area contributed by atoms with Gasteiger partial charge in [-0.1, -0.05) is 18.2 Å². The normalized spacial score (nSPS) is 13.4. The van der Waals surface area contributed by atoms with Gasteiger partial charge in [-0.05, 0) is 44.4 Å². The highest BCUT2D eigenvalue weighted by Crippen LogP contribution is 2.16. The molecule has 1 aromatic rings. The number of halogens is 1. The molecule has 102 valence electrons. The standard InChI is InChI=1S/C14H22N2O.ClH/c1-9-5-6-13(7-10(9)2)12(4)16-14(17)8-11(3)15;/h5-7,11-12H,8,15H2,1-4H3,(H,16,17);1H. The molecule has 2 unspecified atom stereocenters. The zero-order valence-electron chi connectivity index (χ0n) is 11.5. The highest BCUT2D eigenvalue weighted by molar-refractivity contribution is 5.85. The summed E-state index contributed by atoms with van der Waals surface area (Å²) in [7, 11) is 0. The van der Waals surface area contributed by atoms with Gasteiger partial charge in [0.25, 0.3) is 0 Å². The van der Waals surface area contributed by atoms with Crippen LogP contribution in [0.1, 0.15) is 43.0 Å². The Bertz CT molecular complexity index is 405. The molecular weight excluding hydrogens is 248 g/mol. The predicted molar refractivity (Wildman–Crippen MR) is 78.0 cm³/mol. The lowest BCUT2D eigenvalue weighted by molar-refractivity contribution is -0.122. The van der Waals surface area contributed by atoms with E-state index < -0.39 is 0 Å². The van der Waals surface area contributed by atoms with Crippen LogP contribution in [0.15, 0.2) is 18.2 Å². The fourth-order valence-corrected chi connectivity index (χ4v) is 1.71. The first-order valence-electron chi connectivity index (χ1n) is 6.02. The van der Waals surface area contributed by atoms with Crippen LogP contribution in [-0.2, 0) is 4.79 Å². The molecule has 2 atom stereocenters. The minimum atomic E-state index is -0.0954. The van der Waals surface area contributed by atoms with E-state index in [9.17, 15) is 4.79 Å². The zero-order valence-corrected chi connectivity index (χ0v) is 12.3. The van der Waals surface area contributed by atoms with E-state index in [4.69, 9.17) is 5.73 Å². The molecule has 1 amide bonds. The van der Waals surface area contributed by atoms with Crippen LogP contribution in [-0.4, -0.2) is 11.9 Å². The van der Waals surface area contributed by atoms with E-state index in [1.807, 2.05) is 13.8 Å². The third-order valence-electron chi connectivity index (χ3n) is 2.92. The Balaban J connectivity index is 0.00000289. The molecule has 0 aliphatic rings. The van der Waals surface area contributed by atoms with E-state index in [1.165, 1.54) is 11.1 Å². The number of aryl methyl sites for hydroxylation is 2. The molecule has 0 heterocycles. The highest BCUT2D eigenvalue weighted by Gasteiger charge is 2.11. The van der Waals surface area contributed by atoms with E-state index in [0.29, 0.717) is 6.42 Å². The van der Waals surface area contributed by atoms with Crippen molar-refractivity contribution in [1.82, 2.24) is 5.32 Å². The predicted octanol–water partition coefficient (Wildman–Crippen LogP) is 2.64. The van der Waals surface area contributed by atoms with Gasteiger partial charge >= 0.3 is 0 Å². The summed E-state index contributed by atoms with van der Waals surface area (Å²) in [5, 5.41) is 2.96. The molecule has 1 aromatic carbocycles. The summed E-state index contributed by atoms with van der Waals surface area (Å²) in [6.07, 6.45) is 0.370. The van der Waals surface area contributed by atoms with Crippen molar-refractivity contribution >= 4 is 18.3 Å². The van der Waals surface area contributed by atoms with Gasteiger partial charge in [0.2, 0.25) is 5.91 Å². The third kappa shape index (κ3) is 5.07. The summed E-state index contributed by atoms with van der Waals surface area (Å²) in [4.78, 5) is 11.6. The van der Waals surface area contributed by atoms with E-state index in [1.54, 1.807) is 0 Å². The van der Waals surface area contributed by atoms with Crippen LogP contribution in [0.4, 0.5) is 0 Å². The minimum absolute atomic E-state index is 0. The number of hydrogen-bond donors (Lipinski definition) is 2. The molecule has 0 fully saturated rings. The first-order valence-corrected chi connectivity index (χ1v) is 6.02. The van der Waals surface area contributed by atoms with Crippen molar-refractivity contribution in [3.05, 3.63) is 34.9 Å². The average Bonchev–Trinajstić information content (AvgIpc) is 2.20. The second-order valence-corrected chi connectivity index (χ2v) is 4.81. The van der Waals surface area contributed by atoms with Gasteiger partial charge in [0.1, 0.15) is 0 Å². The summed E-state index contributed by atoms with van der Waals surface area (Å²) in [5.41, 5.74) is 9.23. The van der Waals surface area contributed by atoms with Gasteiger partial charge in [0, 0.05) is 12.5 Å². The number of benzene rings is 1. The molecule has 0 saturated carbocycles. The molecule has 0 aliphatic heterocycles. The largest absolute Gasteiger partial charge is 0.350 e. The molecule has 0 radical (unpaired) electrons. The van der Waals surface area contributed by atoms with Crippen molar-refractivity contribution in [3.63, 3.8) is 0 Å². The van der Waals surface area contributed by atoms with Crippen molar-refractivity contribution < 1.29 is 4.79 Å². The molecule has 3 N–H and O–H groups in total. The van der Waals surface area contributed by atoms with E-state index in [-0.39, 0.29) is 30.4 Å².